The number of anilines is 1. The monoisotopic (exact) mass is 377 g/mol. The Morgan fingerprint density at radius 3 is 2.25 bits per heavy atom. The number of hydrogen-bond acceptors (Lipinski definition) is 4. The molecular weight excluding hydrogens is 354 g/mol. The topological polar surface area (TPSA) is 73.2 Å². The molecule has 0 saturated carbocycles. The fourth-order valence-corrected chi connectivity index (χ4v) is 3.05. The third-order valence-electron chi connectivity index (χ3n) is 4.63. The van der Waals surface area contributed by atoms with Crippen LogP contribution in [0, 0.1) is 20.8 Å². The fourth-order valence-electron chi connectivity index (χ4n) is 3.05. The zero-order valence-corrected chi connectivity index (χ0v) is 16.4. The van der Waals surface area contributed by atoms with Gasteiger partial charge in [-0.2, -0.15) is 5.10 Å². The first kappa shape index (κ1) is 19.4. The molecule has 0 unspecified atom stereocenters. The van der Waals surface area contributed by atoms with Crippen LogP contribution >= 0.6 is 0 Å². The van der Waals surface area contributed by atoms with Crippen LogP contribution in [-0.2, 0) is 11.3 Å². The lowest BCUT2D eigenvalue weighted by Crippen LogP contribution is -2.14. The maximum Gasteiger partial charge on any atom is 0.337 e. The van der Waals surface area contributed by atoms with Crippen LogP contribution < -0.4 is 5.32 Å². The second-order valence-corrected chi connectivity index (χ2v) is 6.71. The summed E-state index contributed by atoms with van der Waals surface area (Å²) < 4.78 is 6.52. The summed E-state index contributed by atoms with van der Waals surface area (Å²) in [5.41, 5.74) is 5.40. The number of amides is 1. The Morgan fingerprint density at radius 1 is 1.00 bits per heavy atom. The normalized spacial score (nSPS) is 10.6. The van der Waals surface area contributed by atoms with Gasteiger partial charge in [-0.3, -0.25) is 9.48 Å². The summed E-state index contributed by atoms with van der Waals surface area (Å²) >= 11 is 0. The van der Waals surface area contributed by atoms with Crippen LogP contribution in [0.15, 0.2) is 48.5 Å². The number of nitrogens with one attached hydrogen (secondary N) is 1. The molecule has 1 aromatic heterocycles. The second-order valence-electron chi connectivity index (χ2n) is 6.71. The van der Waals surface area contributed by atoms with E-state index in [0.717, 1.165) is 11.3 Å². The summed E-state index contributed by atoms with van der Waals surface area (Å²) in [5, 5.41) is 7.40. The molecular formula is C22H23N3O3. The highest BCUT2D eigenvalue weighted by atomic mass is 16.5. The number of nitrogens with zero attached hydrogens (tertiary/aromatic N) is 2. The van der Waals surface area contributed by atoms with E-state index < -0.39 is 5.97 Å². The van der Waals surface area contributed by atoms with Crippen LogP contribution in [0.1, 0.15) is 43.2 Å². The predicted molar refractivity (Wildman–Crippen MR) is 108 cm³/mol. The molecule has 144 valence electrons. The van der Waals surface area contributed by atoms with Crippen molar-refractivity contribution in [3.05, 3.63) is 82.2 Å². The van der Waals surface area contributed by atoms with Gasteiger partial charge in [0.15, 0.2) is 0 Å². The van der Waals surface area contributed by atoms with Gasteiger partial charge in [-0.05, 0) is 50.6 Å². The maximum absolute atomic E-state index is 12.8. The Balaban J connectivity index is 1.77. The van der Waals surface area contributed by atoms with E-state index in [1.807, 2.05) is 25.5 Å². The van der Waals surface area contributed by atoms with Crippen LogP contribution in [0.3, 0.4) is 0 Å². The van der Waals surface area contributed by atoms with Gasteiger partial charge in [-0.15, -0.1) is 0 Å². The van der Waals surface area contributed by atoms with E-state index in [0.29, 0.717) is 29.1 Å². The minimum atomic E-state index is -0.415. The van der Waals surface area contributed by atoms with Crippen molar-refractivity contribution in [2.24, 2.45) is 0 Å². The lowest BCUT2D eigenvalue weighted by atomic mass is 10.1. The van der Waals surface area contributed by atoms with Crippen molar-refractivity contribution < 1.29 is 14.3 Å². The molecule has 6 nitrogen and oxygen atoms in total. The van der Waals surface area contributed by atoms with Crippen LogP contribution in [0.4, 0.5) is 5.69 Å². The zero-order chi connectivity index (χ0) is 20.3. The third kappa shape index (κ3) is 4.11. The van der Waals surface area contributed by atoms with Gasteiger partial charge in [0, 0.05) is 11.4 Å². The molecule has 1 heterocycles. The van der Waals surface area contributed by atoms with Gasteiger partial charge in [0.1, 0.15) is 0 Å². The Labute approximate surface area is 164 Å². The van der Waals surface area contributed by atoms with Crippen molar-refractivity contribution in [1.29, 1.82) is 0 Å². The molecule has 0 aliphatic heterocycles. The molecule has 0 aliphatic carbocycles. The van der Waals surface area contributed by atoms with Crippen molar-refractivity contribution in [2.75, 3.05) is 12.4 Å². The van der Waals surface area contributed by atoms with E-state index in [1.54, 1.807) is 24.3 Å². The van der Waals surface area contributed by atoms with E-state index in [2.05, 4.69) is 39.4 Å². The molecule has 0 aliphatic rings. The van der Waals surface area contributed by atoms with Gasteiger partial charge >= 0.3 is 5.97 Å². The minimum Gasteiger partial charge on any atom is -0.465 e. The fraction of sp³-hybridized carbons (Fsp3) is 0.227. The van der Waals surface area contributed by atoms with Crippen molar-refractivity contribution in [2.45, 2.75) is 27.3 Å². The number of aromatic nitrogens is 2. The first-order chi connectivity index (χ1) is 13.4. The van der Waals surface area contributed by atoms with Gasteiger partial charge in [-0.1, -0.05) is 29.8 Å². The lowest BCUT2D eigenvalue weighted by molar-refractivity contribution is 0.0600. The van der Waals surface area contributed by atoms with E-state index in [9.17, 15) is 9.59 Å². The lowest BCUT2D eigenvalue weighted by Gasteiger charge is -2.08. The molecule has 28 heavy (non-hydrogen) atoms. The molecule has 1 N–H and O–H groups in total. The van der Waals surface area contributed by atoms with Crippen molar-refractivity contribution in [1.82, 2.24) is 9.78 Å². The average molecular weight is 377 g/mol. The van der Waals surface area contributed by atoms with Gasteiger partial charge in [0.2, 0.25) is 0 Å². The summed E-state index contributed by atoms with van der Waals surface area (Å²) in [6.45, 7) is 6.37. The smallest absolute Gasteiger partial charge is 0.337 e. The number of esters is 1. The SMILES string of the molecule is COC(=O)c1ccc(NC(=O)c2c(C)nn(Cc3ccc(C)cc3)c2C)cc1. The zero-order valence-electron chi connectivity index (χ0n) is 16.4. The number of carbonyl (C=O) groups is 2. The quantitative estimate of drug-likeness (QED) is 0.685. The standard InChI is InChI=1S/C22H23N3O3/c1-14-5-7-17(8-6-14)13-25-16(3)20(15(2)24-25)21(26)23-19-11-9-18(10-12-19)22(27)28-4/h5-12H,13H2,1-4H3,(H,23,26). The number of benzene rings is 2. The Morgan fingerprint density at radius 2 is 1.64 bits per heavy atom. The van der Waals surface area contributed by atoms with Crippen molar-refractivity contribution >= 4 is 17.6 Å². The second kappa shape index (κ2) is 8.08. The molecule has 0 fully saturated rings. The summed E-state index contributed by atoms with van der Waals surface area (Å²) in [6, 6.07) is 14.8. The molecule has 0 radical (unpaired) electrons. The molecule has 3 rings (SSSR count). The maximum atomic E-state index is 12.8. The van der Waals surface area contributed by atoms with E-state index in [1.165, 1.54) is 12.7 Å². The summed E-state index contributed by atoms with van der Waals surface area (Å²) in [7, 11) is 1.33. The highest BCUT2D eigenvalue weighted by Crippen LogP contribution is 2.18. The minimum absolute atomic E-state index is 0.226. The van der Waals surface area contributed by atoms with Crippen LogP contribution in [0.5, 0.6) is 0 Å². The van der Waals surface area contributed by atoms with Crippen molar-refractivity contribution in [3.63, 3.8) is 0 Å². The van der Waals surface area contributed by atoms with Crippen LogP contribution in [0.25, 0.3) is 0 Å². The highest BCUT2D eigenvalue weighted by Gasteiger charge is 2.19. The van der Waals surface area contributed by atoms with Gasteiger partial charge in [-0.25, -0.2) is 4.79 Å². The third-order valence-corrected chi connectivity index (χ3v) is 4.63. The molecule has 0 atom stereocenters. The molecule has 1 amide bonds. The number of hydrogen-bond donors (Lipinski definition) is 1. The average Bonchev–Trinajstić information content (AvgIpc) is 2.96. The predicted octanol–water partition coefficient (Wildman–Crippen LogP) is 3.90. The summed E-state index contributed by atoms with van der Waals surface area (Å²) in [5.74, 6) is -0.641. The molecule has 0 spiro atoms. The van der Waals surface area contributed by atoms with Gasteiger partial charge in [0.05, 0.1) is 30.5 Å². The number of rotatable bonds is 5. The van der Waals surface area contributed by atoms with Gasteiger partial charge in [0.25, 0.3) is 5.91 Å². The highest BCUT2D eigenvalue weighted by molar-refractivity contribution is 6.06. The number of carbonyl (C=O) groups excluding carboxylic acids is 2. The number of ether oxygens (including phenoxy) is 1. The van der Waals surface area contributed by atoms with Gasteiger partial charge < -0.3 is 10.1 Å². The molecule has 6 heteroatoms. The molecule has 2 aromatic carbocycles. The van der Waals surface area contributed by atoms with Crippen LogP contribution in [0.2, 0.25) is 0 Å². The summed E-state index contributed by atoms with van der Waals surface area (Å²) in [4.78, 5) is 24.3. The Hall–Kier alpha value is -3.41. The Kier molecular flexibility index (Phi) is 5.59. The van der Waals surface area contributed by atoms with Crippen LogP contribution in [-0.4, -0.2) is 28.8 Å². The van der Waals surface area contributed by atoms with E-state index >= 15 is 0 Å². The molecule has 0 saturated heterocycles. The largest absolute Gasteiger partial charge is 0.465 e. The number of methoxy groups -OCH3 is 1. The van der Waals surface area contributed by atoms with E-state index in [4.69, 9.17) is 0 Å². The molecule has 3 aromatic rings. The van der Waals surface area contributed by atoms with E-state index in [-0.39, 0.29) is 5.91 Å². The molecule has 0 bridgehead atoms. The Bertz CT molecular complexity index is 1000. The number of aryl methyl sites for hydroxylation is 2. The van der Waals surface area contributed by atoms with Crippen molar-refractivity contribution in [3.8, 4) is 0 Å². The first-order valence-corrected chi connectivity index (χ1v) is 8.98. The first-order valence-electron chi connectivity index (χ1n) is 8.98. The summed E-state index contributed by atoms with van der Waals surface area (Å²) in [6.07, 6.45) is 0.